The Kier molecular flexibility index (Phi) is 71.6. The number of hydrogen-bond donors (Lipinski definition) is 3. The van der Waals surface area contributed by atoms with Crippen LogP contribution in [0.25, 0.3) is 0 Å². The fraction of sp³-hybridized carbons (Fsp3) is 0.950. The predicted octanol–water partition coefficient (Wildman–Crippen LogP) is 24.0. The van der Waals surface area contributed by atoms with Crippen molar-refractivity contribution in [3.8, 4) is 0 Å². The van der Waals surface area contributed by atoms with Gasteiger partial charge in [0, 0.05) is 25.7 Å². The number of aliphatic hydroxyl groups is 1. The fourth-order valence-corrected chi connectivity index (χ4v) is 14.0. The van der Waals surface area contributed by atoms with Crippen LogP contribution in [0, 0.1) is 5.92 Å². The first-order valence-electron chi connectivity index (χ1n) is 41.7. The van der Waals surface area contributed by atoms with Crippen LogP contribution < -0.4 is 0 Å². The molecule has 0 saturated carbocycles. The Morgan fingerprint density at radius 3 is 0.717 bits per heavy atom. The summed E-state index contributed by atoms with van der Waals surface area (Å²) in [6, 6.07) is 0. The minimum atomic E-state index is -4.96. The molecule has 19 heteroatoms. The minimum Gasteiger partial charge on any atom is -0.462 e. The predicted molar refractivity (Wildman–Crippen MR) is 405 cm³/mol. The van der Waals surface area contributed by atoms with Crippen LogP contribution in [0.4, 0.5) is 0 Å². The van der Waals surface area contributed by atoms with E-state index in [-0.39, 0.29) is 25.7 Å². The van der Waals surface area contributed by atoms with E-state index in [1.807, 2.05) is 0 Å². The zero-order valence-electron chi connectivity index (χ0n) is 64.6. The van der Waals surface area contributed by atoms with Crippen molar-refractivity contribution in [3.63, 3.8) is 0 Å². The molecule has 17 nitrogen and oxygen atoms in total. The molecule has 0 bridgehead atoms. The third-order valence-electron chi connectivity index (χ3n) is 19.1. The molecule has 0 aliphatic heterocycles. The molecule has 6 atom stereocenters. The molecule has 0 spiro atoms. The molecule has 0 aromatic heterocycles. The van der Waals surface area contributed by atoms with Crippen molar-refractivity contribution in [3.05, 3.63) is 0 Å². The highest BCUT2D eigenvalue weighted by Crippen LogP contribution is 2.45. The van der Waals surface area contributed by atoms with E-state index in [2.05, 4.69) is 34.6 Å². The van der Waals surface area contributed by atoms with E-state index < -0.39 is 97.5 Å². The number of aliphatic hydroxyl groups excluding tert-OH is 1. The average molecular weight is 1450 g/mol. The van der Waals surface area contributed by atoms with Gasteiger partial charge in [0.1, 0.15) is 19.3 Å². The van der Waals surface area contributed by atoms with Crippen molar-refractivity contribution in [2.75, 3.05) is 39.6 Å². The van der Waals surface area contributed by atoms with Crippen LogP contribution in [-0.2, 0) is 65.4 Å². The van der Waals surface area contributed by atoms with Crippen molar-refractivity contribution in [1.82, 2.24) is 0 Å². The second-order valence-electron chi connectivity index (χ2n) is 29.1. The number of hydrogen-bond acceptors (Lipinski definition) is 15. The van der Waals surface area contributed by atoms with Crippen LogP contribution in [0.3, 0.4) is 0 Å². The maximum absolute atomic E-state index is 13.1. The maximum atomic E-state index is 13.1. The molecular formula is C80H156O17P2. The number of phosphoric acid groups is 2. The van der Waals surface area contributed by atoms with Gasteiger partial charge >= 0.3 is 39.5 Å². The Labute approximate surface area is 607 Å². The van der Waals surface area contributed by atoms with Gasteiger partial charge in [-0.05, 0) is 31.6 Å². The Morgan fingerprint density at radius 2 is 0.485 bits per heavy atom. The van der Waals surface area contributed by atoms with Crippen molar-refractivity contribution < 1.29 is 80.2 Å². The lowest BCUT2D eigenvalue weighted by molar-refractivity contribution is -0.161. The number of carbonyl (C=O) groups excluding carboxylic acids is 4. The van der Waals surface area contributed by atoms with Crippen LogP contribution in [0.15, 0.2) is 0 Å². The standard InChI is InChI=1S/C80H156O17P2/c1-6-10-13-16-19-22-24-26-28-30-31-32-33-35-37-39-45-50-55-60-65-79(84)96-76(70-91-78(83)64-59-54-49-44-38-36-34-29-27-25-23-20-17-14-11-7-2)72-95-99(88,89)93-68-74(81)67-92-98(86,87)94-71-75(69-90-77(82)63-58-53-48-42-21-18-15-12-8-3)97-80(85)66-61-56-51-46-41-40-43-47-52-57-62-73(5)9-4/h73-76,81H,6-72H2,1-5H3,(H,86,87)(H,88,89)/t73?,74-,75+,76+/m0/s1. The van der Waals surface area contributed by atoms with E-state index in [1.165, 1.54) is 250 Å². The Bertz CT molecular complexity index is 1890. The van der Waals surface area contributed by atoms with E-state index in [0.717, 1.165) is 95.8 Å². The minimum absolute atomic E-state index is 0.107. The van der Waals surface area contributed by atoms with Gasteiger partial charge in [0.05, 0.1) is 26.4 Å². The molecular weight excluding hydrogens is 1290 g/mol. The summed E-state index contributed by atoms with van der Waals surface area (Å²) < 4.78 is 68.7. The topological polar surface area (TPSA) is 237 Å². The van der Waals surface area contributed by atoms with Gasteiger partial charge in [0.2, 0.25) is 0 Å². The van der Waals surface area contributed by atoms with E-state index in [1.54, 1.807) is 0 Å². The molecule has 0 aliphatic rings. The molecule has 0 aliphatic carbocycles. The Hall–Kier alpha value is -1.94. The SMILES string of the molecule is CCCCCCCCCCCCCCCCCCCCCCC(=O)O[C@H](COC(=O)CCCCCCCCCCCCCCCCCC)COP(=O)(O)OC[C@@H](O)COP(=O)(O)OC[C@@H](COC(=O)CCCCCCCCCCC)OC(=O)CCCCCCCCCCCCC(C)CC. The lowest BCUT2D eigenvalue weighted by Crippen LogP contribution is -2.30. The first kappa shape index (κ1) is 97.1. The Morgan fingerprint density at radius 1 is 0.283 bits per heavy atom. The molecule has 3 unspecified atom stereocenters. The molecule has 0 rings (SSSR count). The summed E-state index contributed by atoms with van der Waals surface area (Å²) in [5.74, 6) is -1.31. The number of carbonyl (C=O) groups is 4. The molecule has 0 radical (unpaired) electrons. The average Bonchev–Trinajstić information content (AvgIpc) is 1.13. The number of esters is 4. The molecule has 99 heavy (non-hydrogen) atoms. The zero-order chi connectivity index (χ0) is 72.7. The van der Waals surface area contributed by atoms with Crippen molar-refractivity contribution >= 4 is 39.5 Å². The molecule has 0 aromatic carbocycles. The summed E-state index contributed by atoms with van der Waals surface area (Å²) in [6.07, 6.45) is 63.8. The summed E-state index contributed by atoms with van der Waals surface area (Å²) >= 11 is 0. The van der Waals surface area contributed by atoms with E-state index in [9.17, 15) is 43.2 Å². The van der Waals surface area contributed by atoms with Crippen LogP contribution in [0.2, 0.25) is 0 Å². The van der Waals surface area contributed by atoms with Crippen molar-refractivity contribution in [2.24, 2.45) is 5.92 Å². The monoisotopic (exact) mass is 1450 g/mol. The number of ether oxygens (including phenoxy) is 4. The lowest BCUT2D eigenvalue weighted by atomic mass is 9.99. The molecule has 0 saturated heterocycles. The zero-order valence-corrected chi connectivity index (χ0v) is 66.4. The highest BCUT2D eigenvalue weighted by Gasteiger charge is 2.30. The normalized spacial score (nSPS) is 14.1. The summed E-state index contributed by atoms with van der Waals surface area (Å²) in [4.78, 5) is 72.9. The fourth-order valence-electron chi connectivity index (χ4n) is 12.4. The van der Waals surface area contributed by atoms with Crippen molar-refractivity contribution in [2.45, 2.75) is 445 Å². The molecule has 0 heterocycles. The lowest BCUT2D eigenvalue weighted by Gasteiger charge is -2.21. The summed E-state index contributed by atoms with van der Waals surface area (Å²) in [5.41, 5.74) is 0. The van der Waals surface area contributed by atoms with Crippen LogP contribution in [0.5, 0.6) is 0 Å². The van der Waals surface area contributed by atoms with Gasteiger partial charge in [-0.3, -0.25) is 37.3 Å². The van der Waals surface area contributed by atoms with E-state index in [0.29, 0.717) is 25.7 Å². The van der Waals surface area contributed by atoms with E-state index >= 15 is 0 Å². The van der Waals surface area contributed by atoms with Gasteiger partial charge in [-0.2, -0.15) is 0 Å². The van der Waals surface area contributed by atoms with Crippen LogP contribution in [0.1, 0.15) is 426 Å². The quantitative estimate of drug-likeness (QED) is 0.0222. The Balaban J connectivity index is 5.22. The second kappa shape index (κ2) is 73.0. The summed E-state index contributed by atoms with van der Waals surface area (Å²) in [7, 11) is -9.91. The maximum Gasteiger partial charge on any atom is 0.472 e. The van der Waals surface area contributed by atoms with Crippen molar-refractivity contribution in [1.29, 1.82) is 0 Å². The van der Waals surface area contributed by atoms with Gasteiger partial charge < -0.3 is 33.8 Å². The highest BCUT2D eigenvalue weighted by molar-refractivity contribution is 7.47. The first-order chi connectivity index (χ1) is 48.1. The summed E-state index contributed by atoms with van der Waals surface area (Å²) in [6.45, 7) is 7.33. The van der Waals surface area contributed by atoms with Crippen LogP contribution in [-0.4, -0.2) is 96.7 Å². The molecule has 0 amide bonds. The van der Waals surface area contributed by atoms with Gasteiger partial charge in [0.25, 0.3) is 0 Å². The molecule has 3 N–H and O–H groups in total. The summed E-state index contributed by atoms with van der Waals surface area (Å²) in [5, 5.41) is 10.6. The molecule has 588 valence electrons. The van der Waals surface area contributed by atoms with E-state index in [4.69, 9.17) is 37.0 Å². The second-order valence-corrected chi connectivity index (χ2v) is 32.0. The largest absolute Gasteiger partial charge is 0.472 e. The van der Waals surface area contributed by atoms with Gasteiger partial charge in [-0.25, -0.2) is 9.13 Å². The third-order valence-corrected chi connectivity index (χ3v) is 21.0. The number of rotatable bonds is 80. The highest BCUT2D eigenvalue weighted by atomic mass is 31.2. The van der Waals surface area contributed by atoms with Gasteiger partial charge in [0.15, 0.2) is 12.2 Å². The number of phosphoric ester groups is 2. The molecule has 0 aromatic rings. The smallest absolute Gasteiger partial charge is 0.462 e. The third kappa shape index (κ3) is 72.8. The first-order valence-corrected chi connectivity index (χ1v) is 44.7. The number of unbranched alkanes of at least 4 members (excludes halogenated alkanes) is 51. The van der Waals surface area contributed by atoms with Crippen LogP contribution >= 0.6 is 15.6 Å². The van der Waals surface area contributed by atoms with Gasteiger partial charge in [-0.1, -0.05) is 375 Å². The van der Waals surface area contributed by atoms with Gasteiger partial charge in [-0.15, -0.1) is 0 Å². The molecule has 0 fully saturated rings.